The SMILES string of the molecule is CC1(C)CNCc2cc(Br)cc(c2O)CNCC(C)(C)CNCc2cc(Br)cc(c2O)CNC1.CC1(C)CNCc2cc(S(C)(=O)=O)cc(c2O)CNCC(C)(C)CNCc2cc(S(C)(=O)=O)cc(c2O)CNC1.CC[Si](CC)(CC)c1cc2c(O)c(c1)CNCC(C)(C)CNCc1cc([Si](CC)(CC)CC)cc(c1O)CNCC(C)(C)CNC2.[CH3-].[CH3-].[CH3-].[CH3-].[CH3-].[CH3-].[Ni+3].[Ni+3].[Ni+3].[Ni+3].[Ni+3].[Ni+3]. The maximum Gasteiger partial charge on any atom is 3.00 e. The number of hydrogen-bond donors (Lipinski definition) is 18. The molecule has 0 atom stereocenters. The number of benzene rings is 6. The predicted molar refractivity (Wildman–Crippen MR) is 546 cm³/mol. The zero-order chi connectivity index (χ0) is 89.0. The Kier molecular flexibility index (Phi) is 66.4. The monoisotopic (exact) mass is 2300 g/mol. The molecule has 0 saturated heterocycles. The first kappa shape index (κ1) is 141. The second kappa shape index (κ2) is 62.3. The number of hydrogen-bond acceptors (Lipinski definition) is 22. The molecule has 0 spiro atoms. The molecule has 18 N–H and O–H groups in total. The first-order chi connectivity index (χ1) is 56.1. The number of rotatable bonds is 10. The summed E-state index contributed by atoms with van der Waals surface area (Å²) in [6.07, 6.45) is 2.32. The molecule has 0 unspecified atom stereocenters. The van der Waals surface area contributed by atoms with Crippen LogP contribution in [0, 0.1) is 77.0 Å². The van der Waals surface area contributed by atoms with E-state index in [0.717, 1.165) is 118 Å². The molecule has 132 heavy (non-hydrogen) atoms. The van der Waals surface area contributed by atoms with Gasteiger partial charge in [-0.15, -0.1) is 0 Å². The van der Waals surface area contributed by atoms with Crippen LogP contribution in [0.1, 0.15) is 191 Å². The first-order valence-corrected chi connectivity index (χ1v) is 54.0. The fourth-order valence-electron chi connectivity index (χ4n) is 16.6. The van der Waals surface area contributed by atoms with Crippen molar-refractivity contribution in [1.29, 1.82) is 0 Å². The second-order valence-electron chi connectivity index (χ2n) is 39.1. The largest absolute Gasteiger partial charge is 3.00 e. The number of phenols is 6. The van der Waals surface area contributed by atoms with E-state index in [1.165, 1.54) is 70.9 Å². The molecule has 0 saturated carbocycles. The van der Waals surface area contributed by atoms with Gasteiger partial charge in [0.25, 0.3) is 0 Å². The third-order valence-corrected chi connectivity index (χ3v) is 38.9. The molecule has 0 aliphatic carbocycles. The van der Waals surface area contributed by atoms with E-state index in [2.05, 4.69) is 217 Å². The Balaban J connectivity index is -0.000000435. The van der Waals surface area contributed by atoms with Gasteiger partial charge in [-0.1, -0.05) is 227 Å². The molecule has 3 heterocycles. The van der Waals surface area contributed by atoms with Crippen molar-refractivity contribution in [3.8, 4) is 34.5 Å². The topological polar surface area (TPSA) is 334 Å². The molecule has 22 nitrogen and oxygen atoms in total. The Bertz CT molecular complexity index is 4150. The molecule has 6 aromatic rings. The third-order valence-electron chi connectivity index (χ3n) is 24.7. The summed E-state index contributed by atoms with van der Waals surface area (Å²) in [5.74, 6) is 1.72. The van der Waals surface area contributed by atoms with Gasteiger partial charge in [0.1, 0.15) is 34.5 Å². The number of aromatic hydroxyl groups is 6. The third kappa shape index (κ3) is 42.6. The Morgan fingerprint density at radius 1 is 0.250 bits per heavy atom. The zero-order valence-corrected chi connectivity index (χ0v) is 96.7. The van der Waals surface area contributed by atoms with Gasteiger partial charge < -0.3 is 139 Å². The Morgan fingerprint density at radius 2 is 0.364 bits per heavy atom. The molecule has 34 heteroatoms. The number of fused-ring (bicyclic) bond motifs is 12. The van der Waals surface area contributed by atoms with E-state index in [0.29, 0.717) is 124 Å². The molecule has 762 valence electrons. The van der Waals surface area contributed by atoms with Crippen LogP contribution >= 0.6 is 31.9 Å². The van der Waals surface area contributed by atoms with Crippen LogP contribution < -0.4 is 74.2 Å². The van der Waals surface area contributed by atoms with Crippen molar-refractivity contribution >= 4 is 78.1 Å². The standard InChI is InChI=1S/C38H68N4O2Si2.C28H44N4O6S2.C26H38Br2N4O2.6CH3.6Ni/c1-11-45(12-2,13-3)33-17-29-21-39-25-37(7,8)27-41-23-31-19-34(46(14-4,15-5)16-6)20-32(36(31)44)24-42-28-38(9,10)26-40-22-30(18-33)35(29)43;1-27(2)15-29-11-19-7-23(39(5,35)36)9-21(25(19)33)13-31-17-28(3,4)18-32-14-22-10-24(40(6,37)38)8-20(26(22)34)12-30-16-27;1-25(2)13-29-9-17-5-21(27)7-19(23(17)33)11-31-15-26(3,4)16-32-12-20-8-22(28)6-18(24(20)34)10-30-14-25;;;;;;;;;;;;/h17-20,39-44H,11-16,21-28H2,1-10H3;7-10,29-34H,11-18H2,1-6H3;5-8,29-34H,9-16H2,1-4H3;6*1H3;;;;;;/q;;;6*-1;6*+3. The van der Waals surface area contributed by atoms with E-state index in [4.69, 9.17) is 0 Å². The number of halogens is 2. The van der Waals surface area contributed by atoms with Crippen LogP contribution in [0.25, 0.3) is 0 Å². The van der Waals surface area contributed by atoms with E-state index < -0.39 is 35.8 Å². The number of nitrogens with one attached hydrogen (secondary N) is 12. The molecule has 0 fully saturated rings. The van der Waals surface area contributed by atoms with Crippen molar-refractivity contribution < 1.29 is 146 Å². The quantitative estimate of drug-likeness (QED) is 0.0447. The van der Waals surface area contributed by atoms with Crippen LogP contribution in [0.4, 0.5) is 0 Å². The van der Waals surface area contributed by atoms with Crippen molar-refractivity contribution in [3.05, 3.63) is 193 Å². The minimum atomic E-state index is -3.48. The first-order valence-electron chi connectivity index (χ1n) is 43.4. The van der Waals surface area contributed by atoms with Gasteiger partial charge in [-0.3, -0.25) is 0 Å². The molecule has 3 aliphatic rings. The Morgan fingerprint density at radius 3 is 0.477 bits per heavy atom. The molecule has 3 aliphatic heterocycles. The van der Waals surface area contributed by atoms with E-state index in [-0.39, 0.29) is 223 Å². The van der Waals surface area contributed by atoms with Crippen molar-refractivity contribution in [3.63, 3.8) is 0 Å². The van der Waals surface area contributed by atoms with Crippen LogP contribution in [0.5, 0.6) is 34.5 Å². The van der Waals surface area contributed by atoms with Crippen LogP contribution in [-0.4, -0.2) is 155 Å². The van der Waals surface area contributed by atoms with Crippen molar-refractivity contribution in [2.75, 3.05) is 91.0 Å². The van der Waals surface area contributed by atoms with Crippen molar-refractivity contribution in [2.45, 2.75) is 249 Å². The summed E-state index contributed by atoms with van der Waals surface area (Å²) < 4.78 is 51.4. The van der Waals surface area contributed by atoms with Crippen LogP contribution in [-0.2, 0) is 197 Å². The van der Waals surface area contributed by atoms with Crippen molar-refractivity contribution in [2.24, 2.45) is 32.5 Å². The fourth-order valence-corrected chi connectivity index (χ4v) is 26.5. The van der Waals surface area contributed by atoms with E-state index in [1.807, 2.05) is 52.0 Å². The Labute approximate surface area is 880 Å². The molecular weight excluding hydrogens is 2140 g/mol. The van der Waals surface area contributed by atoms with Gasteiger partial charge >= 0.3 is 98.9 Å². The molecule has 12 bridgehead atoms. The summed E-state index contributed by atoms with van der Waals surface area (Å²) in [7, 11) is -10.2. The normalized spacial score (nSPS) is 17.6. The number of phenolic OH excluding ortho intramolecular Hbond substituents is 6. The molecular formula is C98H168Br2N12Ni6O10S2Si2+12. The number of sulfone groups is 2. The van der Waals surface area contributed by atoms with Gasteiger partial charge in [-0.2, -0.15) is 0 Å². The maximum absolute atomic E-state index is 12.4. The average Bonchev–Trinajstić information content (AvgIpc) is 0.796. The molecule has 0 aromatic heterocycles. The van der Waals surface area contributed by atoms with Crippen LogP contribution in [0.3, 0.4) is 0 Å². The molecule has 9 rings (SSSR count). The summed E-state index contributed by atoms with van der Waals surface area (Å²) in [5.41, 5.74) is 9.11. The molecule has 6 aromatic carbocycles. The average molecular weight is 2310 g/mol. The fraction of sp³-hybridized carbons (Fsp3) is 0.571. The van der Waals surface area contributed by atoms with E-state index in [9.17, 15) is 47.5 Å². The van der Waals surface area contributed by atoms with E-state index in [1.54, 1.807) is 0 Å². The summed E-state index contributed by atoms with van der Waals surface area (Å²) >= 11 is 7.20. The molecule has 0 amide bonds. The summed E-state index contributed by atoms with van der Waals surface area (Å²) in [6, 6.07) is 30.6. The Hall–Kier alpha value is -2.11. The van der Waals surface area contributed by atoms with Crippen LogP contribution in [0.2, 0.25) is 36.3 Å². The van der Waals surface area contributed by atoms with Crippen molar-refractivity contribution in [1.82, 2.24) is 63.8 Å². The minimum Gasteiger partial charge on any atom is -0.507 e. The van der Waals surface area contributed by atoms with Gasteiger partial charge in [-0.05, 0) is 81.0 Å². The predicted octanol–water partition coefficient (Wildman–Crippen LogP) is 16.1. The smallest absolute Gasteiger partial charge is 0.507 e. The summed E-state index contributed by atoms with van der Waals surface area (Å²) in [5, 5.41) is 112. The van der Waals surface area contributed by atoms with Gasteiger partial charge in [0, 0.05) is 245 Å². The van der Waals surface area contributed by atoms with Gasteiger partial charge in [0.05, 0.1) is 25.9 Å². The zero-order valence-electron chi connectivity index (χ0n) is 83.9. The second-order valence-corrected chi connectivity index (χ2v) is 55.4. The van der Waals surface area contributed by atoms with E-state index >= 15 is 0 Å². The maximum atomic E-state index is 12.4. The summed E-state index contributed by atoms with van der Waals surface area (Å²) in [6.45, 7) is 55.0. The van der Waals surface area contributed by atoms with Gasteiger partial charge in [0.2, 0.25) is 0 Å². The minimum absolute atomic E-state index is 0. The van der Waals surface area contributed by atoms with Gasteiger partial charge in [0.15, 0.2) is 19.7 Å². The summed E-state index contributed by atoms with van der Waals surface area (Å²) in [4.78, 5) is 0.328. The van der Waals surface area contributed by atoms with Gasteiger partial charge in [-0.25, -0.2) is 16.8 Å². The van der Waals surface area contributed by atoms with Crippen LogP contribution in [0.15, 0.2) is 91.5 Å². The molecule has 6 radical (unpaired) electrons.